The first-order valence-corrected chi connectivity index (χ1v) is 11.0. The van der Waals surface area contributed by atoms with Crippen molar-refractivity contribution in [3.8, 4) is 0 Å². The molecule has 0 bridgehead atoms. The lowest BCUT2D eigenvalue weighted by Gasteiger charge is -2.32. The predicted molar refractivity (Wildman–Crippen MR) is 112 cm³/mol. The van der Waals surface area contributed by atoms with E-state index in [2.05, 4.69) is 26.1 Å². The topological polar surface area (TPSA) is 32.3 Å². The molecule has 1 unspecified atom stereocenters. The quantitative estimate of drug-likeness (QED) is 0.606. The van der Waals surface area contributed by atoms with Gasteiger partial charge in [-0.3, -0.25) is 9.69 Å². The van der Waals surface area contributed by atoms with E-state index in [9.17, 15) is 13.6 Å². The molecule has 0 aromatic heterocycles. The molecule has 150 valence electrons. The van der Waals surface area contributed by atoms with Crippen molar-refractivity contribution >= 4 is 33.6 Å². The van der Waals surface area contributed by atoms with Crippen molar-refractivity contribution < 1.29 is 13.6 Å². The van der Waals surface area contributed by atoms with Crippen LogP contribution in [0.4, 0.5) is 8.78 Å². The van der Waals surface area contributed by atoms with E-state index in [4.69, 9.17) is 0 Å². The van der Waals surface area contributed by atoms with Gasteiger partial charge in [0.15, 0.2) is 11.6 Å². The fraction of sp³-hybridized carbons (Fsp3) is 0.381. The smallest absolute Gasteiger partial charge is 0.233 e. The second kappa shape index (κ2) is 9.85. The van der Waals surface area contributed by atoms with Gasteiger partial charge < -0.3 is 5.32 Å². The molecule has 1 amide bonds. The van der Waals surface area contributed by atoms with Crippen molar-refractivity contribution in [3.63, 3.8) is 0 Å². The van der Waals surface area contributed by atoms with E-state index in [0.717, 1.165) is 40.9 Å². The summed E-state index contributed by atoms with van der Waals surface area (Å²) in [7, 11) is 0. The van der Waals surface area contributed by atoms with Gasteiger partial charge >= 0.3 is 0 Å². The molecule has 7 heteroatoms. The van der Waals surface area contributed by atoms with Crippen molar-refractivity contribution in [3.05, 3.63) is 64.1 Å². The highest BCUT2D eigenvalue weighted by Crippen LogP contribution is 2.25. The summed E-state index contributed by atoms with van der Waals surface area (Å²) >= 11 is 4.96. The number of piperidine rings is 1. The lowest BCUT2D eigenvalue weighted by atomic mass is 10.0. The maximum Gasteiger partial charge on any atom is 0.233 e. The standard InChI is InChI=1S/C21H23BrF2N2OS/c1-14(28-18-5-3-16(22)4-6-18)21(27)25-17-8-10-26(11-9-17)13-15-2-7-19(23)20(24)12-15/h2-7,12,14,17H,8-11,13H2,1H3,(H,25,27). The summed E-state index contributed by atoms with van der Waals surface area (Å²) in [5.41, 5.74) is 0.765. The van der Waals surface area contributed by atoms with Crippen molar-refractivity contribution in [1.82, 2.24) is 10.2 Å². The fourth-order valence-electron chi connectivity index (χ4n) is 3.22. The highest BCUT2D eigenvalue weighted by Gasteiger charge is 2.23. The monoisotopic (exact) mass is 468 g/mol. The Balaban J connectivity index is 1.43. The zero-order valence-corrected chi connectivity index (χ0v) is 18.0. The molecule has 1 heterocycles. The van der Waals surface area contributed by atoms with Gasteiger partial charge in [0.25, 0.3) is 0 Å². The lowest BCUT2D eigenvalue weighted by Crippen LogP contribution is -2.46. The van der Waals surface area contributed by atoms with Crippen molar-refractivity contribution in [2.75, 3.05) is 13.1 Å². The summed E-state index contributed by atoms with van der Waals surface area (Å²) in [5, 5.41) is 2.98. The molecule has 2 aromatic rings. The Kier molecular flexibility index (Phi) is 7.48. The molecule has 0 saturated carbocycles. The normalized spacial score (nSPS) is 16.7. The first kappa shape index (κ1) is 21.3. The molecule has 1 aliphatic heterocycles. The second-order valence-electron chi connectivity index (χ2n) is 7.02. The number of halogens is 3. The van der Waals surface area contributed by atoms with Crippen molar-refractivity contribution in [2.24, 2.45) is 0 Å². The van der Waals surface area contributed by atoms with E-state index < -0.39 is 11.6 Å². The largest absolute Gasteiger partial charge is 0.352 e. The number of nitrogens with zero attached hydrogens (tertiary/aromatic N) is 1. The zero-order valence-electron chi connectivity index (χ0n) is 15.6. The third kappa shape index (κ3) is 6.03. The Morgan fingerprint density at radius 3 is 2.50 bits per heavy atom. The SMILES string of the molecule is CC(Sc1ccc(Br)cc1)C(=O)NC1CCN(Cc2ccc(F)c(F)c2)CC1. The van der Waals surface area contributed by atoms with Gasteiger partial charge in [-0.15, -0.1) is 11.8 Å². The van der Waals surface area contributed by atoms with Crippen LogP contribution in [0.3, 0.4) is 0 Å². The highest BCUT2D eigenvalue weighted by atomic mass is 79.9. The molecule has 1 N–H and O–H groups in total. The van der Waals surface area contributed by atoms with Crippen molar-refractivity contribution in [2.45, 2.75) is 42.5 Å². The van der Waals surface area contributed by atoms with E-state index in [0.29, 0.717) is 6.54 Å². The fourth-order valence-corrected chi connectivity index (χ4v) is 4.36. The third-order valence-corrected chi connectivity index (χ3v) is 6.46. The van der Waals surface area contributed by atoms with Crippen LogP contribution in [0.2, 0.25) is 0 Å². The van der Waals surface area contributed by atoms with Gasteiger partial charge in [0.05, 0.1) is 5.25 Å². The Morgan fingerprint density at radius 2 is 1.86 bits per heavy atom. The molecule has 1 saturated heterocycles. The number of hydrogen-bond acceptors (Lipinski definition) is 3. The lowest BCUT2D eigenvalue weighted by molar-refractivity contribution is -0.121. The van der Waals surface area contributed by atoms with E-state index in [1.54, 1.807) is 17.8 Å². The van der Waals surface area contributed by atoms with E-state index in [1.807, 2.05) is 31.2 Å². The minimum absolute atomic E-state index is 0.0481. The molecule has 0 aliphatic carbocycles. The summed E-state index contributed by atoms with van der Waals surface area (Å²) in [6.45, 7) is 4.14. The number of carbonyl (C=O) groups is 1. The van der Waals surface area contributed by atoms with Crippen LogP contribution < -0.4 is 5.32 Å². The Labute approximate surface area is 177 Å². The summed E-state index contributed by atoms with van der Waals surface area (Å²) in [4.78, 5) is 15.8. The van der Waals surface area contributed by atoms with Gasteiger partial charge in [-0.1, -0.05) is 22.0 Å². The summed E-state index contributed by atoms with van der Waals surface area (Å²) < 4.78 is 27.4. The van der Waals surface area contributed by atoms with Gasteiger partial charge in [0.1, 0.15) is 0 Å². The number of benzene rings is 2. The van der Waals surface area contributed by atoms with Gasteiger partial charge in [0, 0.05) is 35.0 Å². The third-order valence-electron chi connectivity index (χ3n) is 4.82. The number of hydrogen-bond donors (Lipinski definition) is 1. The first-order valence-electron chi connectivity index (χ1n) is 9.29. The number of nitrogens with one attached hydrogen (secondary N) is 1. The number of amides is 1. The van der Waals surface area contributed by atoms with Crippen LogP contribution in [0.25, 0.3) is 0 Å². The van der Waals surface area contributed by atoms with Crippen LogP contribution in [0.1, 0.15) is 25.3 Å². The van der Waals surface area contributed by atoms with Crippen LogP contribution in [-0.4, -0.2) is 35.2 Å². The van der Waals surface area contributed by atoms with E-state index in [1.165, 1.54) is 12.1 Å². The van der Waals surface area contributed by atoms with Crippen molar-refractivity contribution in [1.29, 1.82) is 0 Å². The van der Waals surface area contributed by atoms with Crippen LogP contribution in [0.15, 0.2) is 51.8 Å². The van der Waals surface area contributed by atoms with E-state index >= 15 is 0 Å². The minimum atomic E-state index is -0.819. The number of carbonyl (C=O) groups excluding carboxylic acids is 1. The maximum atomic E-state index is 13.3. The first-order chi connectivity index (χ1) is 13.4. The molecule has 1 fully saturated rings. The maximum absolute atomic E-state index is 13.3. The number of rotatable bonds is 6. The number of thioether (sulfide) groups is 1. The zero-order chi connectivity index (χ0) is 20.1. The van der Waals surface area contributed by atoms with Gasteiger partial charge in [-0.05, 0) is 61.7 Å². The van der Waals surface area contributed by atoms with Gasteiger partial charge in [-0.25, -0.2) is 8.78 Å². The second-order valence-corrected chi connectivity index (χ2v) is 9.35. The summed E-state index contributed by atoms with van der Waals surface area (Å²) in [6, 6.07) is 12.1. The molecule has 2 aromatic carbocycles. The molecule has 28 heavy (non-hydrogen) atoms. The summed E-state index contributed by atoms with van der Waals surface area (Å²) in [6.07, 6.45) is 1.70. The average Bonchev–Trinajstić information content (AvgIpc) is 2.68. The summed E-state index contributed by atoms with van der Waals surface area (Å²) in [5.74, 6) is -1.58. The molecule has 1 aliphatic rings. The molecule has 0 spiro atoms. The Bertz CT molecular complexity index is 811. The molecular weight excluding hydrogens is 446 g/mol. The van der Waals surface area contributed by atoms with Crippen LogP contribution in [-0.2, 0) is 11.3 Å². The molecule has 1 atom stereocenters. The number of likely N-dealkylation sites (tertiary alicyclic amines) is 1. The average molecular weight is 469 g/mol. The molecule has 0 radical (unpaired) electrons. The Hall–Kier alpha value is -1.44. The molecular formula is C21H23BrF2N2OS. The van der Waals surface area contributed by atoms with Gasteiger partial charge in [-0.2, -0.15) is 0 Å². The van der Waals surface area contributed by atoms with Crippen LogP contribution in [0.5, 0.6) is 0 Å². The highest BCUT2D eigenvalue weighted by molar-refractivity contribution is 9.10. The molecule has 3 nitrogen and oxygen atoms in total. The van der Waals surface area contributed by atoms with E-state index in [-0.39, 0.29) is 17.2 Å². The van der Waals surface area contributed by atoms with Gasteiger partial charge in [0.2, 0.25) is 5.91 Å². The van der Waals surface area contributed by atoms with Crippen LogP contribution >= 0.6 is 27.7 Å². The Morgan fingerprint density at radius 1 is 1.18 bits per heavy atom. The minimum Gasteiger partial charge on any atom is -0.352 e. The molecule has 3 rings (SSSR count). The predicted octanol–water partition coefficient (Wildman–Crippen LogP) is 4.99. The van der Waals surface area contributed by atoms with Crippen LogP contribution in [0, 0.1) is 11.6 Å².